The van der Waals surface area contributed by atoms with Crippen molar-refractivity contribution in [3.05, 3.63) is 35.4 Å². The number of benzene rings is 1. The summed E-state index contributed by atoms with van der Waals surface area (Å²) in [6.07, 6.45) is 6.46. The lowest BCUT2D eigenvalue weighted by Crippen LogP contribution is -2.13. The normalized spacial score (nSPS) is 22.4. The Labute approximate surface area is 96.9 Å². The Hall–Kier alpha value is -1.11. The second kappa shape index (κ2) is 4.04. The molecular formula is C15H18O. The number of carbonyl (C=O) groups excluding carboxylic acids is 1. The van der Waals surface area contributed by atoms with E-state index in [4.69, 9.17) is 0 Å². The van der Waals surface area contributed by atoms with E-state index in [1.807, 2.05) is 0 Å². The van der Waals surface area contributed by atoms with Gasteiger partial charge in [0.05, 0.1) is 0 Å². The standard InChI is InChI=1S/C15H18O/c16-13-9-7-12(8-10-13)15-4-2-1-3-14(15)11-5-6-11/h1-4,11-12H,5-10H2. The topological polar surface area (TPSA) is 17.1 Å². The van der Waals surface area contributed by atoms with Crippen molar-refractivity contribution in [2.45, 2.75) is 50.4 Å². The fourth-order valence-corrected chi connectivity index (χ4v) is 2.90. The van der Waals surface area contributed by atoms with E-state index in [2.05, 4.69) is 24.3 Å². The molecule has 2 saturated carbocycles. The third kappa shape index (κ3) is 1.91. The first-order chi connectivity index (χ1) is 7.84. The van der Waals surface area contributed by atoms with Crippen LogP contribution >= 0.6 is 0 Å². The van der Waals surface area contributed by atoms with E-state index in [0.29, 0.717) is 11.7 Å². The molecule has 16 heavy (non-hydrogen) atoms. The first-order valence-electron chi connectivity index (χ1n) is 6.45. The number of ketones is 1. The molecule has 0 aromatic heterocycles. The van der Waals surface area contributed by atoms with Crippen molar-refractivity contribution in [1.29, 1.82) is 0 Å². The SMILES string of the molecule is O=C1CCC(c2ccccc2C2CC2)CC1. The molecular weight excluding hydrogens is 196 g/mol. The Balaban J connectivity index is 1.85. The zero-order valence-electron chi connectivity index (χ0n) is 9.61. The third-order valence-electron chi connectivity index (χ3n) is 4.00. The second-order valence-corrected chi connectivity index (χ2v) is 5.22. The highest BCUT2D eigenvalue weighted by Crippen LogP contribution is 2.45. The summed E-state index contributed by atoms with van der Waals surface area (Å²) in [5.41, 5.74) is 3.11. The van der Waals surface area contributed by atoms with Crippen molar-refractivity contribution in [3.63, 3.8) is 0 Å². The van der Waals surface area contributed by atoms with Crippen molar-refractivity contribution in [1.82, 2.24) is 0 Å². The lowest BCUT2D eigenvalue weighted by Gasteiger charge is -2.23. The molecule has 1 heteroatoms. The van der Waals surface area contributed by atoms with Crippen molar-refractivity contribution in [3.8, 4) is 0 Å². The van der Waals surface area contributed by atoms with Crippen LogP contribution in [-0.2, 0) is 4.79 Å². The smallest absolute Gasteiger partial charge is 0.132 e. The predicted molar refractivity (Wildman–Crippen MR) is 64.6 cm³/mol. The van der Waals surface area contributed by atoms with E-state index in [9.17, 15) is 4.79 Å². The highest BCUT2D eigenvalue weighted by Gasteiger charge is 2.29. The maximum atomic E-state index is 11.3. The van der Waals surface area contributed by atoms with Gasteiger partial charge in [0.2, 0.25) is 0 Å². The van der Waals surface area contributed by atoms with Crippen LogP contribution in [0.4, 0.5) is 0 Å². The van der Waals surface area contributed by atoms with E-state index in [-0.39, 0.29) is 0 Å². The number of rotatable bonds is 2. The van der Waals surface area contributed by atoms with Gasteiger partial charge in [0.1, 0.15) is 5.78 Å². The van der Waals surface area contributed by atoms with Crippen LogP contribution in [0, 0.1) is 0 Å². The minimum absolute atomic E-state index is 0.458. The van der Waals surface area contributed by atoms with E-state index < -0.39 is 0 Å². The van der Waals surface area contributed by atoms with Gasteiger partial charge in [-0.3, -0.25) is 4.79 Å². The fourth-order valence-electron chi connectivity index (χ4n) is 2.90. The Kier molecular flexibility index (Phi) is 2.55. The first-order valence-corrected chi connectivity index (χ1v) is 6.45. The minimum Gasteiger partial charge on any atom is -0.300 e. The van der Waals surface area contributed by atoms with Crippen LogP contribution in [0.2, 0.25) is 0 Å². The van der Waals surface area contributed by atoms with Gasteiger partial charge in [0, 0.05) is 12.8 Å². The molecule has 0 heterocycles. The van der Waals surface area contributed by atoms with E-state index in [0.717, 1.165) is 31.6 Å². The molecule has 0 unspecified atom stereocenters. The quantitative estimate of drug-likeness (QED) is 0.732. The monoisotopic (exact) mass is 214 g/mol. The molecule has 0 saturated heterocycles. The van der Waals surface area contributed by atoms with E-state index >= 15 is 0 Å². The van der Waals surface area contributed by atoms with E-state index in [1.54, 1.807) is 5.56 Å². The highest BCUT2D eigenvalue weighted by atomic mass is 16.1. The Bertz CT molecular complexity index is 394. The summed E-state index contributed by atoms with van der Waals surface area (Å²) in [6.45, 7) is 0. The Morgan fingerprint density at radius 2 is 1.31 bits per heavy atom. The van der Waals surface area contributed by atoms with Gasteiger partial charge in [0.25, 0.3) is 0 Å². The number of hydrogen-bond acceptors (Lipinski definition) is 1. The molecule has 0 amide bonds. The van der Waals surface area contributed by atoms with Crippen LogP contribution in [-0.4, -0.2) is 5.78 Å². The zero-order chi connectivity index (χ0) is 11.0. The summed E-state index contributed by atoms with van der Waals surface area (Å²) < 4.78 is 0. The van der Waals surface area contributed by atoms with Crippen LogP contribution in [0.15, 0.2) is 24.3 Å². The Morgan fingerprint density at radius 1 is 0.812 bits per heavy atom. The van der Waals surface area contributed by atoms with Crippen molar-refractivity contribution in [2.24, 2.45) is 0 Å². The van der Waals surface area contributed by atoms with Crippen LogP contribution in [0.3, 0.4) is 0 Å². The zero-order valence-corrected chi connectivity index (χ0v) is 9.61. The maximum Gasteiger partial charge on any atom is 0.132 e. The summed E-state index contributed by atoms with van der Waals surface area (Å²) in [7, 11) is 0. The van der Waals surface area contributed by atoms with Gasteiger partial charge < -0.3 is 0 Å². The summed E-state index contributed by atoms with van der Waals surface area (Å²) >= 11 is 0. The van der Waals surface area contributed by atoms with Gasteiger partial charge >= 0.3 is 0 Å². The number of carbonyl (C=O) groups is 1. The molecule has 3 rings (SSSR count). The Morgan fingerprint density at radius 3 is 1.81 bits per heavy atom. The molecule has 0 radical (unpaired) electrons. The van der Waals surface area contributed by atoms with Crippen molar-refractivity contribution < 1.29 is 4.79 Å². The number of Topliss-reactive ketones (excluding diaryl/α,β-unsaturated/α-hetero) is 1. The second-order valence-electron chi connectivity index (χ2n) is 5.22. The molecule has 84 valence electrons. The molecule has 1 nitrogen and oxygen atoms in total. The largest absolute Gasteiger partial charge is 0.300 e. The summed E-state index contributed by atoms with van der Waals surface area (Å²) in [6, 6.07) is 8.89. The molecule has 0 spiro atoms. The van der Waals surface area contributed by atoms with Gasteiger partial charge in [-0.05, 0) is 48.6 Å². The summed E-state index contributed by atoms with van der Waals surface area (Å²) in [5, 5.41) is 0. The van der Waals surface area contributed by atoms with Crippen LogP contribution in [0.1, 0.15) is 61.5 Å². The molecule has 1 aromatic rings. The van der Waals surface area contributed by atoms with Crippen molar-refractivity contribution in [2.75, 3.05) is 0 Å². The lowest BCUT2D eigenvalue weighted by atomic mass is 9.81. The minimum atomic E-state index is 0.458. The fraction of sp³-hybridized carbons (Fsp3) is 0.533. The van der Waals surface area contributed by atoms with Gasteiger partial charge in [0.15, 0.2) is 0 Å². The molecule has 0 atom stereocenters. The van der Waals surface area contributed by atoms with Gasteiger partial charge in [-0.15, -0.1) is 0 Å². The van der Waals surface area contributed by atoms with E-state index in [1.165, 1.54) is 18.4 Å². The van der Waals surface area contributed by atoms with Gasteiger partial charge in [-0.1, -0.05) is 24.3 Å². The van der Waals surface area contributed by atoms with Crippen molar-refractivity contribution >= 4 is 5.78 Å². The molecule has 1 aromatic carbocycles. The third-order valence-corrected chi connectivity index (χ3v) is 4.00. The summed E-state index contributed by atoms with van der Waals surface area (Å²) in [4.78, 5) is 11.3. The average Bonchev–Trinajstić information content (AvgIpc) is 3.14. The predicted octanol–water partition coefficient (Wildman–Crippen LogP) is 3.79. The van der Waals surface area contributed by atoms with Crippen LogP contribution in [0.25, 0.3) is 0 Å². The van der Waals surface area contributed by atoms with Crippen LogP contribution < -0.4 is 0 Å². The van der Waals surface area contributed by atoms with Gasteiger partial charge in [-0.25, -0.2) is 0 Å². The first kappa shape index (κ1) is 10.1. The lowest BCUT2D eigenvalue weighted by molar-refractivity contribution is -0.120. The van der Waals surface area contributed by atoms with Gasteiger partial charge in [-0.2, -0.15) is 0 Å². The molecule has 2 fully saturated rings. The molecule has 0 bridgehead atoms. The summed E-state index contributed by atoms with van der Waals surface area (Å²) in [5.74, 6) is 1.93. The highest BCUT2D eigenvalue weighted by molar-refractivity contribution is 5.79. The molecule has 0 aliphatic heterocycles. The number of hydrogen-bond donors (Lipinski definition) is 0. The molecule has 2 aliphatic carbocycles. The average molecular weight is 214 g/mol. The molecule has 2 aliphatic rings. The molecule has 0 N–H and O–H groups in total. The van der Waals surface area contributed by atoms with Crippen LogP contribution in [0.5, 0.6) is 0 Å². The maximum absolute atomic E-state index is 11.3.